The van der Waals surface area contributed by atoms with Gasteiger partial charge in [0, 0.05) is 12.2 Å². The molecule has 0 radical (unpaired) electrons. The summed E-state index contributed by atoms with van der Waals surface area (Å²) in [6.07, 6.45) is 5.12. The second-order valence-electron chi connectivity index (χ2n) is 5.90. The molecule has 2 aliphatic rings. The Bertz CT molecular complexity index is 475. The summed E-state index contributed by atoms with van der Waals surface area (Å²) in [5.74, 6) is -0.219. The molecule has 1 aliphatic heterocycles. The van der Waals surface area contributed by atoms with Crippen LogP contribution in [0.25, 0.3) is 0 Å². The first kappa shape index (κ1) is 14.4. The van der Waals surface area contributed by atoms with E-state index in [4.69, 9.17) is 4.74 Å². The molecule has 0 bridgehead atoms. The molecule has 1 atom stereocenters. The molecule has 6 nitrogen and oxygen atoms in total. The number of nitrogens with one attached hydrogen (secondary N) is 3. The predicted molar refractivity (Wildman–Crippen MR) is 74.7 cm³/mol. The van der Waals surface area contributed by atoms with Gasteiger partial charge in [-0.15, -0.1) is 0 Å². The topological polar surface area (TPSA) is 79.5 Å². The van der Waals surface area contributed by atoms with Gasteiger partial charge in [-0.25, -0.2) is 4.79 Å². The van der Waals surface area contributed by atoms with Crippen molar-refractivity contribution in [2.24, 2.45) is 0 Å². The average Bonchev–Trinajstić information content (AvgIpc) is 2.47. The molecule has 6 heteroatoms. The van der Waals surface area contributed by atoms with Crippen LogP contribution in [0, 0.1) is 0 Å². The van der Waals surface area contributed by atoms with Crippen molar-refractivity contribution in [1.29, 1.82) is 0 Å². The van der Waals surface area contributed by atoms with Gasteiger partial charge in [0.25, 0.3) is 0 Å². The molecule has 3 N–H and O–H groups in total. The van der Waals surface area contributed by atoms with Crippen molar-refractivity contribution in [3.8, 4) is 0 Å². The van der Waals surface area contributed by atoms with Gasteiger partial charge in [-0.3, -0.25) is 4.79 Å². The van der Waals surface area contributed by atoms with E-state index in [-0.39, 0.29) is 5.91 Å². The van der Waals surface area contributed by atoms with E-state index < -0.39 is 17.7 Å². The molecule has 20 heavy (non-hydrogen) atoms. The molecule has 0 aromatic carbocycles. The zero-order valence-corrected chi connectivity index (χ0v) is 12.1. The monoisotopic (exact) mass is 279 g/mol. The molecule has 0 fully saturated rings. The van der Waals surface area contributed by atoms with Crippen molar-refractivity contribution in [3.63, 3.8) is 0 Å². The van der Waals surface area contributed by atoms with E-state index in [0.717, 1.165) is 24.2 Å². The largest absolute Gasteiger partial charge is 0.444 e. The lowest BCUT2D eigenvalue weighted by molar-refractivity contribution is -0.122. The number of rotatable bonds is 1. The maximum Gasteiger partial charge on any atom is 0.408 e. The molecule has 2 rings (SSSR count). The van der Waals surface area contributed by atoms with Crippen LogP contribution in [0.5, 0.6) is 0 Å². The SMILES string of the molecule is CC(C)(C)OC(=O)N[C@H]1CNC2=C(CCC=C2)NC1=O. The van der Waals surface area contributed by atoms with E-state index in [1.807, 2.05) is 6.08 Å². The quantitative estimate of drug-likeness (QED) is 0.673. The van der Waals surface area contributed by atoms with Gasteiger partial charge < -0.3 is 20.7 Å². The predicted octanol–water partition coefficient (Wildman–Crippen LogP) is 1.16. The summed E-state index contributed by atoms with van der Waals surface area (Å²) >= 11 is 0. The molecule has 110 valence electrons. The van der Waals surface area contributed by atoms with Crippen molar-refractivity contribution in [1.82, 2.24) is 16.0 Å². The Hall–Kier alpha value is -1.98. The van der Waals surface area contributed by atoms with Crippen LogP contribution in [0.1, 0.15) is 33.6 Å². The molecule has 0 saturated carbocycles. The van der Waals surface area contributed by atoms with E-state index in [2.05, 4.69) is 22.0 Å². The van der Waals surface area contributed by atoms with Crippen LogP contribution in [-0.4, -0.2) is 30.2 Å². The minimum Gasteiger partial charge on any atom is -0.444 e. The number of alkyl carbamates (subject to hydrolysis) is 1. The van der Waals surface area contributed by atoms with Gasteiger partial charge in [0.2, 0.25) is 5.91 Å². The average molecular weight is 279 g/mol. The zero-order chi connectivity index (χ0) is 14.8. The minimum absolute atomic E-state index is 0.219. The summed E-state index contributed by atoms with van der Waals surface area (Å²) in [4.78, 5) is 23.8. The molecular weight excluding hydrogens is 258 g/mol. The van der Waals surface area contributed by atoms with Gasteiger partial charge in [0.15, 0.2) is 0 Å². The third-order valence-corrected chi connectivity index (χ3v) is 2.95. The summed E-state index contributed by atoms with van der Waals surface area (Å²) < 4.78 is 5.16. The lowest BCUT2D eigenvalue weighted by atomic mass is 10.1. The molecule has 2 amide bonds. The third-order valence-electron chi connectivity index (χ3n) is 2.95. The Labute approximate surface area is 118 Å². The van der Waals surface area contributed by atoms with E-state index in [0.29, 0.717) is 6.54 Å². The highest BCUT2D eigenvalue weighted by molar-refractivity contribution is 5.87. The van der Waals surface area contributed by atoms with Crippen LogP contribution < -0.4 is 16.0 Å². The molecule has 1 aliphatic carbocycles. The van der Waals surface area contributed by atoms with Crippen LogP contribution in [-0.2, 0) is 9.53 Å². The molecule has 0 aromatic rings. The zero-order valence-electron chi connectivity index (χ0n) is 12.1. The van der Waals surface area contributed by atoms with Gasteiger partial charge >= 0.3 is 6.09 Å². The number of ether oxygens (including phenoxy) is 1. The Balaban J connectivity index is 1.97. The Morgan fingerprint density at radius 2 is 2.20 bits per heavy atom. The summed E-state index contributed by atoms with van der Waals surface area (Å²) in [5.41, 5.74) is 1.21. The number of hydrogen-bond donors (Lipinski definition) is 3. The minimum atomic E-state index is -0.649. The Morgan fingerprint density at radius 1 is 1.45 bits per heavy atom. The Kier molecular flexibility index (Phi) is 4.01. The maximum absolute atomic E-state index is 12.1. The van der Waals surface area contributed by atoms with E-state index in [9.17, 15) is 9.59 Å². The summed E-state index contributed by atoms with van der Waals surface area (Å²) in [6.45, 7) is 5.68. The van der Waals surface area contributed by atoms with Crippen LogP contribution in [0.15, 0.2) is 23.5 Å². The smallest absolute Gasteiger partial charge is 0.408 e. The van der Waals surface area contributed by atoms with E-state index >= 15 is 0 Å². The third kappa shape index (κ3) is 3.76. The Morgan fingerprint density at radius 3 is 2.90 bits per heavy atom. The number of carbonyl (C=O) groups is 2. The number of hydrogen-bond acceptors (Lipinski definition) is 4. The van der Waals surface area contributed by atoms with Crippen LogP contribution in [0.2, 0.25) is 0 Å². The van der Waals surface area contributed by atoms with Gasteiger partial charge in [0.05, 0.1) is 5.70 Å². The first-order valence-electron chi connectivity index (χ1n) is 6.79. The first-order chi connectivity index (χ1) is 9.35. The van der Waals surface area contributed by atoms with E-state index in [1.165, 1.54) is 0 Å². The number of carbonyl (C=O) groups excluding carboxylic acids is 2. The van der Waals surface area contributed by atoms with E-state index in [1.54, 1.807) is 20.8 Å². The fraction of sp³-hybridized carbons (Fsp3) is 0.571. The summed E-state index contributed by atoms with van der Waals surface area (Å²) in [5, 5.41) is 8.62. The second-order valence-corrected chi connectivity index (χ2v) is 5.90. The number of allylic oxidation sites excluding steroid dienone is 3. The van der Waals surface area contributed by atoms with Gasteiger partial charge in [0.1, 0.15) is 11.6 Å². The summed E-state index contributed by atoms with van der Waals surface area (Å²) in [7, 11) is 0. The highest BCUT2D eigenvalue weighted by atomic mass is 16.6. The maximum atomic E-state index is 12.1. The fourth-order valence-electron chi connectivity index (χ4n) is 2.07. The van der Waals surface area contributed by atoms with Crippen LogP contribution >= 0.6 is 0 Å². The van der Waals surface area contributed by atoms with Crippen molar-refractivity contribution in [3.05, 3.63) is 23.5 Å². The fourth-order valence-corrected chi connectivity index (χ4v) is 2.07. The molecule has 0 saturated heterocycles. The van der Waals surface area contributed by atoms with Gasteiger partial charge in [-0.1, -0.05) is 6.08 Å². The van der Waals surface area contributed by atoms with Crippen molar-refractivity contribution in [2.45, 2.75) is 45.3 Å². The van der Waals surface area contributed by atoms with Gasteiger partial charge in [-0.2, -0.15) is 0 Å². The highest BCUT2D eigenvalue weighted by Gasteiger charge is 2.28. The normalized spacial score (nSPS) is 22.4. The molecule has 0 unspecified atom stereocenters. The molecule has 0 aromatic heterocycles. The lowest BCUT2D eigenvalue weighted by Crippen LogP contribution is -2.50. The van der Waals surface area contributed by atoms with Gasteiger partial charge in [-0.05, 0) is 39.7 Å². The lowest BCUT2D eigenvalue weighted by Gasteiger charge is -2.22. The van der Waals surface area contributed by atoms with Crippen molar-refractivity contribution >= 4 is 12.0 Å². The standard InChI is InChI=1S/C14H21N3O3/c1-14(2,3)20-13(19)17-11-8-15-9-6-4-5-7-10(9)16-12(11)18/h4,6,11,15H,5,7-8H2,1-3H3,(H,16,18)(H,17,19)/t11-/m0/s1. The van der Waals surface area contributed by atoms with Crippen molar-refractivity contribution < 1.29 is 14.3 Å². The summed E-state index contributed by atoms with van der Waals surface area (Å²) in [6, 6.07) is -0.649. The number of amides is 2. The molecular formula is C14H21N3O3. The highest BCUT2D eigenvalue weighted by Crippen LogP contribution is 2.16. The molecule has 1 heterocycles. The van der Waals surface area contributed by atoms with Crippen molar-refractivity contribution in [2.75, 3.05) is 6.54 Å². The molecule has 0 spiro atoms. The first-order valence-corrected chi connectivity index (χ1v) is 6.79. The second kappa shape index (κ2) is 5.56. The van der Waals surface area contributed by atoms with Crippen LogP contribution in [0.4, 0.5) is 4.79 Å². The van der Waals surface area contributed by atoms with Crippen LogP contribution in [0.3, 0.4) is 0 Å².